The minimum atomic E-state index is -0.687. The van der Waals surface area contributed by atoms with Crippen LogP contribution in [-0.4, -0.2) is 33.6 Å². The van der Waals surface area contributed by atoms with E-state index in [-0.39, 0.29) is 23.3 Å². The van der Waals surface area contributed by atoms with Crippen molar-refractivity contribution in [1.29, 1.82) is 0 Å². The van der Waals surface area contributed by atoms with E-state index in [4.69, 9.17) is 4.74 Å². The highest BCUT2D eigenvalue weighted by Crippen LogP contribution is 2.35. The van der Waals surface area contributed by atoms with Crippen molar-refractivity contribution in [2.24, 2.45) is 11.3 Å². The summed E-state index contributed by atoms with van der Waals surface area (Å²) < 4.78 is 7.01. The normalized spacial score (nSPS) is 20.8. The van der Waals surface area contributed by atoms with E-state index in [9.17, 15) is 14.9 Å². The van der Waals surface area contributed by atoms with E-state index >= 15 is 0 Å². The number of fused-ring (bicyclic) bond motifs is 1. The monoisotopic (exact) mass is 346 g/mol. The molecule has 0 spiro atoms. The molecule has 0 radical (unpaired) electrons. The number of hydrogen-bond donors (Lipinski definition) is 1. The molecule has 0 bridgehead atoms. The first-order valence-electron chi connectivity index (χ1n) is 8.30. The summed E-state index contributed by atoms with van der Waals surface area (Å²) in [4.78, 5) is 27.4. The van der Waals surface area contributed by atoms with Gasteiger partial charge in [0.2, 0.25) is 5.82 Å². The number of anilines is 1. The van der Waals surface area contributed by atoms with Gasteiger partial charge in [0.05, 0.1) is 11.0 Å². The first kappa shape index (κ1) is 17.3. The first-order chi connectivity index (χ1) is 11.8. The third-order valence-electron chi connectivity index (χ3n) is 4.49. The van der Waals surface area contributed by atoms with Gasteiger partial charge in [-0.3, -0.25) is 19.3 Å². The Morgan fingerprint density at radius 2 is 2.20 bits per heavy atom. The summed E-state index contributed by atoms with van der Waals surface area (Å²) in [6.45, 7) is 7.47. The molecule has 0 aromatic carbocycles. The number of rotatable bonds is 4. The fraction of sp³-hybridized carbons (Fsp3) is 0.529. The molecule has 134 valence electrons. The van der Waals surface area contributed by atoms with Crippen LogP contribution in [0, 0.1) is 21.4 Å². The minimum Gasteiger partial charge on any atom is -0.377 e. The zero-order chi connectivity index (χ0) is 18.2. The lowest BCUT2D eigenvalue weighted by molar-refractivity contribution is -0.385. The van der Waals surface area contributed by atoms with Gasteiger partial charge in [0.15, 0.2) is 0 Å². The zero-order valence-corrected chi connectivity index (χ0v) is 14.6. The maximum absolute atomic E-state index is 12.4. The molecule has 3 rings (SSSR count). The lowest BCUT2D eigenvalue weighted by atomic mass is 9.81. The van der Waals surface area contributed by atoms with Crippen LogP contribution in [0.3, 0.4) is 0 Å². The summed E-state index contributed by atoms with van der Waals surface area (Å²) in [5, 5.41) is 14.4. The second-order valence-electron chi connectivity index (χ2n) is 7.39. The second kappa shape index (κ2) is 6.44. The summed E-state index contributed by atoms with van der Waals surface area (Å²) >= 11 is 0. The minimum absolute atomic E-state index is 0.0146. The van der Waals surface area contributed by atoms with E-state index < -0.39 is 16.2 Å². The smallest absolute Gasteiger partial charge is 0.376 e. The van der Waals surface area contributed by atoms with Gasteiger partial charge in [-0.05, 0) is 24.0 Å². The van der Waals surface area contributed by atoms with Crippen molar-refractivity contribution in [2.45, 2.75) is 33.3 Å². The van der Waals surface area contributed by atoms with E-state index in [1.807, 2.05) is 0 Å². The molecule has 25 heavy (non-hydrogen) atoms. The van der Waals surface area contributed by atoms with Crippen LogP contribution in [0.2, 0.25) is 0 Å². The molecular formula is C17H22N4O4. The van der Waals surface area contributed by atoms with Crippen molar-refractivity contribution in [3.63, 3.8) is 0 Å². The fourth-order valence-corrected chi connectivity index (χ4v) is 3.40. The molecule has 3 heterocycles. The van der Waals surface area contributed by atoms with Crippen molar-refractivity contribution >= 4 is 17.2 Å². The van der Waals surface area contributed by atoms with Crippen molar-refractivity contribution in [1.82, 2.24) is 9.38 Å². The summed E-state index contributed by atoms with van der Waals surface area (Å²) in [6.07, 6.45) is 2.40. The van der Waals surface area contributed by atoms with Crippen LogP contribution >= 0.6 is 0 Å². The van der Waals surface area contributed by atoms with Crippen molar-refractivity contribution in [3.8, 4) is 0 Å². The highest BCUT2D eigenvalue weighted by atomic mass is 16.6. The SMILES string of the molecule is CC(C)(C)[C@H]1OCC[C@H]1CNc1nc2ccccn2c(=O)c1[N+](=O)[O-]. The molecule has 1 saturated heterocycles. The van der Waals surface area contributed by atoms with Gasteiger partial charge in [-0.25, -0.2) is 4.98 Å². The van der Waals surface area contributed by atoms with E-state index in [1.165, 1.54) is 10.6 Å². The molecule has 0 aliphatic carbocycles. The van der Waals surface area contributed by atoms with Crippen molar-refractivity contribution in [3.05, 3.63) is 44.9 Å². The molecule has 1 N–H and O–H groups in total. The van der Waals surface area contributed by atoms with Gasteiger partial charge in [0.1, 0.15) is 5.65 Å². The molecule has 8 heteroatoms. The number of nitrogens with one attached hydrogen (secondary N) is 1. The summed E-state index contributed by atoms with van der Waals surface area (Å²) in [6, 6.07) is 5.02. The van der Waals surface area contributed by atoms with Gasteiger partial charge in [-0.2, -0.15) is 0 Å². The highest BCUT2D eigenvalue weighted by molar-refractivity contribution is 5.59. The Labute approximate surface area is 145 Å². The number of nitrogens with zero attached hydrogens (tertiary/aromatic N) is 3. The highest BCUT2D eigenvalue weighted by Gasteiger charge is 2.37. The fourth-order valence-electron chi connectivity index (χ4n) is 3.40. The van der Waals surface area contributed by atoms with Crippen LogP contribution in [0.1, 0.15) is 27.2 Å². The third-order valence-corrected chi connectivity index (χ3v) is 4.49. The number of aromatic nitrogens is 2. The number of ether oxygens (including phenoxy) is 1. The average molecular weight is 346 g/mol. The molecule has 8 nitrogen and oxygen atoms in total. The maximum Gasteiger partial charge on any atom is 0.376 e. The van der Waals surface area contributed by atoms with Crippen LogP contribution in [0.25, 0.3) is 5.65 Å². The number of hydrogen-bond acceptors (Lipinski definition) is 6. The second-order valence-corrected chi connectivity index (χ2v) is 7.39. The molecule has 2 aromatic heterocycles. The lowest BCUT2D eigenvalue weighted by Gasteiger charge is -2.31. The quantitative estimate of drug-likeness (QED) is 0.674. The Balaban J connectivity index is 1.92. The van der Waals surface area contributed by atoms with Gasteiger partial charge >= 0.3 is 11.2 Å². The number of pyridine rings is 1. The van der Waals surface area contributed by atoms with Crippen LogP contribution in [0.15, 0.2) is 29.2 Å². The largest absolute Gasteiger partial charge is 0.377 e. The Morgan fingerprint density at radius 1 is 1.44 bits per heavy atom. The van der Waals surface area contributed by atoms with E-state index in [2.05, 4.69) is 31.1 Å². The summed E-state index contributed by atoms with van der Waals surface area (Å²) in [5.74, 6) is 0.219. The maximum atomic E-state index is 12.4. The molecule has 1 aliphatic heterocycles. The molecule has 1 aliphatic rings. The predicted molar refractivity (Wildman–Crippen MR) is 93.9 cm³/mol. The summed E-state index contributed by atoms with van der Waals surface area (Å²) in [7, 11) is 0. The molecule has 0 saturated carbocycles. The summed E-state index contributed by atoms with van der Waals surface area (Å²) in [5.41, 5.74) is -0.871. The Morgan fingerprint density at radius 3 is 2.88 bits per heavy atom. The molecule has 0 unspecified atom stereocenters. The van der Waals surface area contributed by atoms with Crippen LogP contribution in [-0.2, 0) is 4.74 Å². The predicted octanol–water partition coefficient (Wildman–Crippen LogP) is 2.47. The van der Waals surface area contributed by atoms with Gasteiger partial charge in [-0.1, -0.05) is 26.8 Å². The lowest BCUT2D eigenvalue weighted by Crippen LogP contribution is -2.35. The standard InChI is InChI=1S/C17H22N4O4/c1-17(2,3)14-11(7-9-25-14)10-18-15-13(21(23)24)16(22)20-8-5-4-6-12(20)19-15/h4-6,8,11,14,18H,7,9-10H2,1-3H3/t11-,14-/m0/s1. The molecule has 0 amide bonds. The van der Waals surface area contributed by atoms with Crippen LogP contribution < -0.4 is 10.9 Å². The molecule has 1 fully saturated rings. The average Bonchev–Trinajstić information content (AvgIpc) is 3.01. The van der Waals surface area contributed by atoms with E-state index in [1.54, 1.807) is 18.2 Å². The van der Waals surface area contributed by atoms with Gasteiger partial charge in [0.25, 0.3) is 0 Å². The molecule has 2 atom stereocenters. The van der Waals surface area contributed by atoms with Gasteiger partial charge in [-0.15, -0.1) is 0 Å². The topological polar surface area (TPSA) is 98.8 Å². The van der Waals surface area contributed by atoms with Crippen LogP contribution in [0.5, 0.6) is 0 Å². The van der Waals surface area contributed by atoms with Gasteiger partial charge < -0.3 is 10.1 Å². The zero-order valence-electron chi connectivity index (χ0n) is 14.6. The van der Waals surface area contributed by atoms with Crippen molar-refractivity contribution in [2.75, 3.05) is 18.5 Å². The Bertz CT molecular complexity index is 856. The van der Waals surface area contributed by atoms with E-state index in [0.29, 0.717) is 18.8 Å². The van der Waals surface area contributed by atoms with Gasteiger partial charge in [0, 0.05) is 25.3 Å². The molecular weight excluding hydrogens is 324 g/mol. The number of nitro groups is 1. The Kier molecular flexibility index (Phi) is 4.47. The van der Waals surface area contributed by atoms with Crippen molar-refractivity contribution < 1.29 is 9.66 Å². The van der Waals surface area contributed by atoms with Crippen LogP contribution in [0.4, 0.5) is 11.5 Å². The van der Waals surface area contributed by atoms with E-state index in [0.717, 1.165) is 6.42 Å². The third kappa shape index (κ3) is 3.34. The Hall–Kier alpha value is -2.48. The first-order valence-corrected chi connectivity index (χ1v) is 8.30. The molecule has 2 aromatic rings.